The summed E-state index contributed by atoms with van der Waals surface area (Å²) in [4.78, 5) is 2.63. The molecule has 0 bridgehead atoms. The van der Waals surface area contributed by atoms with Crippen LogP contribution in [0, 0.1) is 6.92 Å². The molecule has 112 valence electrons. The van der Waals surface area contributed by atoms with E-state index < -0.39 is 0 Å². The Kier molecular flexibility index (Phi) is 4.47. The van der Waals surface area contributed by atoms with E-state index in [9.17, 15) is 0 Å². The highest BCUT2D eigenvalue weighted by atomic mass is 16.3. The largest absolute Gasteiger partial charge is 0.465 e. The Hall–Kier alpha value is -0.800. The monoisotopic (exact) mass is 276 g/mol. The standard InChI is InChI=1S/C17H28N2O/c1-13-6-4-3-5-9-19(13)12-15-10-17(20-14(15)2)11-18-16-7-8-16/h10,13,16,18H,3-9,11-12H2,1-2H3. The van der Waals surface area contributed by atoms with Crippen molar-refractivity contribution in [1.82, 2.24) is 10.2 Å². The van der Waals surface area contributed by atoms with Crippen molar-refractivity contribution in [3.8, 4) is 0 Å². The number of aryl methyl sites for hydroxylation is 1. The van der Waals surface area contributed by atoms with Crippen molar-refractivity contribution >= 4 is 0 Å². The number of hydrogen-bond donors (Lipinski definition) is 1. The number of hydrogen-bond acceptors (Lipinski definition) is 3. The lowest BCUT2D eigenvalue weighted by Crippen LogP contribution is -2.32. The zero-order chi connectivity index (χ0) is 13.9. The second-order valence-corrected chi connectivity index (χ2v) is 6.62. The molecule has 3 rings (SSSR count). The minimum Gasteiger partial charge on any atom is -0.465 e. The van der Waals surface area contributed by atoms with Crippen molar-refractivity contribution in [3.05, 3.63) is 23.2 Å². The van der Waals surface area contributed by atoms with Crippen LogP contribution >= 0.6 is 0 Å². The van der Waals surface area contributed by atoms with Crippen LogP contribution in [0.4, 0.5) is 0 Å². The topological polar surface area (TPSA) is 28.4 Å². The third kappa shape index (κ3) is 3.64. The Morgan fingerprint density at radius 3 is 2.90 bits per heavy atom. The Balaban J connectivity index is 1.60. The molecular formula is C17H28N2O. The van der Waals surface area contributed by atoms with Crippen LogP contribution < -0.4 is 5.32 Å². The van der Waals surface area contributed by atoms with Crippen molar-refractivity contribution in [2.24, 2.45) is 0 Å². The molecule has 0 radical (unpaired) electrons. The van der Waals surface area contributed by atoms with Gasteiger partial charge in [0.1, 0.15) is 11.5 Å². The summed E-state index contributed by atoms with van der Waals surface area (Å²) < 4.78 is 5.91. The number of likely N-dealkylation sites (tertiary alicyclic amines) is 1. The maximum atomic E-state index is 5.91. The van der Waals surface area contributed by atoms with E-state index >= 15 is 0 Å². The van der Waals surface area contributed by atoms with Crippen molar-refractivity contribution in [3.63, 3.8) is 0 Å². The Morgan fingerprint density at radius 1 is 1.25 bits per heavy atom. The third-order valence-corrected chi connectivity index (χ3v) is 4.78. The van der Waals surface area contributed by atoms with E-state index in [0.717, 1.165) is 30.7 Å². The average molecular weight is 276 g/mol. The van der Waals surface area contributed by atoms with E-state index in [1.54, 1.807) is 0 Å². The Labute approximate surface area is 122 Å². The highest BCUT2D eigenvalue weighted by Crippen LogP contribution is 2.23. The van der Waals surface area contributed by atoms with Gasteiger partial charge in [0.2, 0.25) is 0 Å². The third-order valence-electron chi connectivity index (χ3n) is 4.78. The molecule has 1 aromatic heterocycles. The van der Waals surface area contributed by atoms with Crippen LogP contribution in [-0.2, 0) is 13.1 Å². The molecule has 0 amide bonds. The number of nitrogens with one attached hydrogen (secondary N) is 1. The van der Waals surface area contributed by atoms with E-state index in [0.29, 0.717) is 6.04 Å². The summed E-state index contributed by atoms with van der Waals surface area (Å²) >= 11 is 0. The SMILES string of the molecule is Cc1oc(CNC2CC2)cc1CN1CCCCCC1C. The van der Waals surface area contributed by atoms with Crippen LogP contribution in [0.25, 0.3) is 0 Å². The van der Waals surface area contributed by atoms with Gasteiger partial charge in [0.05, 0.1) is 6.54 Å². The molecule has 1 N–H and O–H groups in total. The second kappa shape index (κ2) is 6.31. The van der Waals surface area contributed by atoms with Gasteiger partial charge in [-0.15, -0.1) is 0 Å². The van der Waals surface area contributed by atoms with Gasteiger partial charge in [0.25, 0.3) is 0 Å². The highest BCUT2D eigenvalue weighted by Gasteiger charge is 2.22. The molecule has 3 nitrogen and oxygen atoms in total. The molecule has 1 atom stereocenters. The van der Waals surface area contributed by atoms with Crippen LogP contribution in [-0.4, -0.2) is 23.5 Å². The molecule has 1 aromatic rings. The van der Waals surface area contributed by atoms with Crippen LogP contribution in [0.15, 0.2) is 10.5 Å². The molecule has 1 unspecified atom stereocenters. The molecule has 2 heterocycles. The van der Waals surface area contributed by atoms with E-state index in [-0.39, 0.29) is 0 Å². The first kappa shape index (κ1) is 14.2. The molecule has 1 aliphatic heterocycles. The van der Waals surface area contributed by atoms with Crippen LogP contribution in [0.5, 0.6) is 0 Å². The van der Waals surface area contributed by atoms with E-state index in [1.165, 1.54) is 50.6 Å². The predicted octanol–water partition coefficient (Wildman–Crippen LogP) is 3.60. The summed E-state index contributed by atoms with van der Waals surface area (Å²) in [5.74, 6) is 2.21. The minimum atomic E-state index is 0.708. The van der Waals surface area contributed by atoms with Crippen molar-refractivity contribution in [1.29, 1.82) is 0 Å². The molecule has 20 heavy (non-hydrogen) atoms. The summed E-state index contributed by atoms with van der Waals surface area (Å²) in [5, 5.41) is 3.53. The zero-order valence-electron chi connectivity index (χ0n) is 13.0. The summed E-state index contributed by atoms with van der Waals surface area (Å²) in [6, 6.07) is 3.72. The molecule has 3 heteroatoms. The van der Waals surface area contributed by atoms with Gasteiger partial charge in [0, 0.05) is 24.2 Å². The fourth-order valence-electron chi connectivity index (χ4n) is 3.15. The van der Waals surface area contributed by atoms with E-state index in [4.69, 9.17) is 4.42 Å². The van der Waals surface area contributed by atoms with Crippen molar-refractivity contribution < 1.29 is 4.42 Å². The van der Waals surface area contributed by atoms with Crippen molar-refractivity contribution in [2.75, 3.05) is 6.54 Å². The predicted molar refractivity (Wildman–Crippen MR) is 81.6 cm³/mol. The minimum absolute atomic E-state index is 0.708. The second-order valence-electron chi connectivity index (χ2n) is 6.62. The van der Waals surface area contributed by atoms with Gasteiger partial charge in [-0.1, -0.05) is 12.8 Å². The van der Waals surface area contributed by atoms with Gasteiger partial charge in [-0.2, -0.15) is 0 Å². The molecule has 2 aliphatic rings. The van der Waals surface area contributed by atoms with Gasteiger partial charge in [0.15, 0.2) is 0 Å². The van der Waals surface area contributed by atoms with Gasteiger partial charge >= 0.3 is 0 Å². The fraction of sp³-hybridized carbons (Fsp3) is 0.765. The quantitative estimate of drug-likeness (QED) is 0.890. The highest BCUT2D eigenvalue weighted by molar-refractivity contribution is 5.21. The van der Waals surface area contributed by atoms with Crippen LogP contribution in [0.1, 0.15) is 62.5 Å². The van der Waals surface area contributed by atoms with Crippen LogP contribution in [0.2, 0.25) is 0 Å². The van der Waals surface area contributed by atoms with E-state index in [2.05, 4.69) is 30.1 Å². The molecule has 1 saturated heterocycles. The lowest BCUT2D eigenvalue weighted by molar-refractivity contribution is 0.204. The number of furan rings is 1. The first-order valence-corrected chi connectivity index (χ1v) is 8.28. The zero-order valence-corrected chi connectivity index (χ0v) is 13.0. The number of rotatable bonds is 5. The van der Waals surface area contributed by atoms with Gasteiger partial charge in [-0.3, -0.25) is 4.90 Å². The molecule has 1 aliphatic carbocycles. The molecule has 1 saturated carbocycles. The summed E-state index contributed by atoms with van der Waals surface area (Å²) in [6.45, 7) is 7.66. The van der Waals surface area contributed by atoms with Gasteiger partial charge in [-0.25, -0.2) is 0 Å². The summed E-state index contributed by atoms with van der Waals surface area (Å²) in [5.41, 5.74) is 1.38. The maximum Gasteiger partial charge on any atom is 0.118 e. The molecule has 2 fully saturated rings. The first-order chi connectivity index (χ1) is 9.72. The number of nitrogens with zero attached hydrogens (tertiary/aromatic N) is 1. The Bertz CT molecular complexity index is 436. The maximum absolute atomic E-state index is 5.91. The molecule has 0 spiro atoms. The summed E-state index contributed by atoms with van der Waals surface area (Å²) in [7, 11) is 0. The Morgan fingerprint density at radius 2 is 2.10 bits per heavy atom. The molecular weight excluding hydrogens is 248 g/mol. The molecule has 0 aromatic carbocycles. The fourth-order valence-corrected chi connectivity index (χ4v) is 3.15. The van der Waals surface area contributed by atoms with Crippen LogP contribution in [0.3, 0.4) is 0 Å². The average Bonchev–Trinajstić information content (AvgIpc) is 3.21. The normalized spacial score (nSPS) is 24.8. The smallest absolute Gasteiger partial charge is 0.118 e. The summed E-state index contributed by atoms with van der Waals surface area (Å²) in [6.07, 6.45) is 8.13. The lowest BCUT2D eigenvalue weighted by atomic mass is 10.1. The first-order valence-electron chi connectivity index (χ1n) is 8.28. The van der Waals surface area contributed by atoms with Gasteiger partial charge < -0.3 is 9.73 Å². The lowest BCUT2D eigenvalue weighted by Gasteiger charge is -2.26. The van der Waals surface area contributed by atoms with Gasteiger partial charge in [-0.05, 0) is 52.1 Å². The van der Waals surface area contributed by atoms with Crippen molar-refractivity contribution in [2.45, 2.75) is 77.5 Å². The van der Waals surface area contributed by atoms with E-state index in [1.807, 2.05) is 0 Å².